The van der Waals surface area contributed by atoms with Gasteiger partial charge in [-0.1, -0.05) is 62.7 Å². The fraction of sp³-hybridized carbons (Fsp3) is 0.391. The van der Waals surface area contributed by atoms with Crippen LogP contribution in [0.5, 0.6) is 0 Å². The minimum atomic E-state index is -1.17. The molecule has 0 aliphatic carbocycles. The molecular formula is C23H30N2O2. The summed E-state index contributed by atoms with van der Waals surface area (Å²) >= 11 is 0. The van der Waals surface area contributed by atoms with Crippen molar-refractivity contribution >= 4 is 17.5 Å². The number of rotatable bonds is 5. The standard InChI is InChI=1S/C23H30N2O2/c1-16-8-7-9-17(14-16)15-24-20(26)23(5,6)21(27)25-19-12-10-18(11-13-19)22(2,3)4/h7-14H,15H2,1-6H3,(H,24,26)(H,25,27). The molecule has 0 aliphatic heterocycles. The molecule has 0 fully saturated rings. The summed E-state index contributed by atoms with van der Waals surface area (Å²) < 4.78 is 0. The van der Waals surface area contributed by atoms with Crippen LogP contribution in [0.4, 0.5) is 5.69 Å². The first-order valence-electron chi connectivity index (χ1n) is 9.26. The maximum absolute atomic E-state index is 12.7. The van der Waals surface area contributed by atoms with Crippen molar-refractivity contribution in [3.63, 3.8) is 0 Å². The molecule has 0 aromatic heterocycles. The lowest BCUT2D eigenvalue weighted by Gasteiger charge is -2.23. The zero-order chi connectivity index (χ0) is 20.2. The molecule has 4 nitrogen and oxygen atoms in total. The van der Waals surface area contributed by atoms with E-state index in [1.165, 1.54) is 5.56 Å². The molecule has 2 amide bonds. The zero-order valence-electron chi connectivity index (χ0n) is 17.1. The number of benzene rings is 2. The van der Waals surface area contributed by atoms with E-state index in [0.29, 0.717) is 12.2 Å². The van der Waals surface area contributed by atoms with Gasteiger partial charge in [-0.25, -0.2) is 0 Å². The van der Waals surface area contributed by atoms with Gasteiger partial charge < -0.3 is 10.6 Å². The lowest BCUT2D eigenvalue weighted by Crippen LogP contribution is -2.44. The Morgan fingerprint density at radius 3 is 2.07 bits per heavy atom. The predicted octanol–water partition coefficient (Wildman–Crippen LogP) is 4.57. The van der Waals surface area contributed by atoms with E-state index < -0.39 is 5.41 Å². The molecule has 4 heteroatoms. The van der Waals surface area contributed by atoms with E-state index in [2.05, 4.69) is 31.4 Å². The molecule has 2 aromatic rings. The topological polar surface area (TPSA) is 58.2 Å². The van der Waals surface area contributed by atoms with E-state index in [9.17, 15) is 9.59 Å². The smallest absolute Gasteiger partial charge is 0.239 e. The van der Waals surface area contributed by atoms with Crippen LogP contribution in [-0.2, 0) is 21.5 Å². The van der Waals surface area contributed by atoms with Crippen molar-refractivity contribution in [3.8, 4) is 0 Å². The van der Waals surface area contributed by atoms with Crippen molar-refractivity contribution < 1.29 is 9.59 Å². The predicted molar refractivity (Wildman–Crippen MR) is 111 cm³/mol. The monoisotopic (exact) mass is 366 g/mol. The minimum Gasteiger partial charge on any atom is -0.351 e. The molecule has 0 aliphatic rings. The van der Waals surface area contributed by atoms with Gasteiger partial charge in [0.15, 0.2) is 0 Å². The molecule has 0 saturated heterocycles. The van der Waals surface area contributed by atoms with Gasteiger partial charge in [-0.2, -0.15) is 0 Å². The van der Waals surface area contributed by atoms with E-state index in [1.807, 2.05) is 55.5 Å². The van der Waals surface area contributed by atoms with Crippen LogP contribution in [0, 0.1) is 12.3 Å². The van der Waals surface area contributed by atoms with Gasteiger partial charge in [-0.15, -0.1) is 0 Å². The average molecular weight is 367 g/mol. The van der Waals surface area contributed by atoms with Crippen LogP contribution in [0.25, 0.3) is 0 Å². The van der Waals surface area contributed by atoms with Crippen LogP contribution in [0.2, 0.25) is 0 Å². The largest absolute Gasteiger partial charge is 0.351 e. The molecule has 144 valence electrons. The van der Waals surface area contributed by atoms with Gasteiger partial charge >= 0.3 is 0 Å². The highest BCUT2D eigenvalue weighted by atomic mass is 16.2. The highest BCUT2D eigenvalue weighted by Crippen LogP contribution is 2.25. The normalized spacial score (nSPS) is 11.8. The molecule has 0 saturated carbocycles. The molecule has 0 radical (unpaired) electrons. The van der Waals surface area contributed by atoms with Crippen LogP contribution in [0.1, 0.15) is 51.3 Å². The Morgan fingerprint density at radius 1 is 0.889 bits per heavy atom. The fourth-order valence-electron chi connectivity index (χ4n) is 2.67. The van der Waals surface area contributed by atoms with E-state index in [-0.39, 0.29) is 17.2 Å². The molecular weight excluding hydrogens is 336 g/mol. The van der Waals surface area contributed by atoms with Gasteiger partial charge in [0.1, 0.15) is 5.41 Å². The average Bonchev–Trinajstić information content (AvgIpc) is 2.59. The highest BCUT2D eigenvalue weighted by Gasteiger charge is 2.36. The second-order valence-electron chi connectivity index (χ2n) is 8.58. The maximum atomic E-state index is 12.7. The Bertz CT molecular complexity index is 815. The minimum absolute atomic E-state index is 0.0531. The summed E-state index contributed by atoms with van der Waals surface area (Å²) in [5, 5.41) is 5.71. The van der Waals surface area contributed by atoms with Gasteiger partial charge in [0.25, 0.3) is 0 Å². The van der Waals surface area contributed by atoms with Crippen molar-refractivity contribution in [2.75, 3.05) is 5.32 Å². The number of carbonyl (C=O) groups excluding carboxylic acids is 2. The fourth-order valence-corrected chi connectivity index (χ4v) is 2.67. The zero-order valence-corrected chi connectivity index (χ0v) is 17.1. The number of nitrogens with one attached hydrogen (secondary N) is 2. The molecule has 2 N–H and O–H groups in total. The first-order chi connectivity index (χ1) is 12.5. The van der Waals surface area contributed by atoms with Gasteiger partial charge in [-0.05, 0) is 49.4 Å². The summed E-state index contributed by atoms with van der Waals surface area (Å²) in [6.45, 7) is 12.1. The third-order valence-electron chi connectivity index (χ3n) is 4.68. The number of amides is 2. The Labute approximate surface area is 162 Å². The number of hydrogen-bond donors (Lipinski definition) is 2. The second kappa shape index (κ2) is 7.95. The van der Waals surface area contributed by atoms with E-state index in [0.717, 1.165) is 11.1 Å². The Balaban J connectivity index is 2.00. The molecule has 2 aromatic carbocycles. The summed E-state index contributed by atoms with van der Waals surface area (Å²) in [6.07, 6.45) is 0. The van der Waals surface area contributed by atoms with Crippen LogP contribution in [0.3, 0.4) is 0 Å². The summed E-state index contributed by atoms with van der Waals surface area (Å²) in [6, 6.07) is 15.7. The Kier molecular flexibility index (Phi) is 6.09. The lowest BCUT2D eigenvalue weighted by atomic mass is 9.87. The summed E-state index contributed by atoms with van der Waals surface area (Å²) in [5.41, 5.74) is 2.90. The van der Waals surface area contributed by atoms with Crippen LogP contribution < -0.4 is 10.6 Å². The molecule has 0 spiro atoms. The first-order valence-corrected chi connectivity index (χ1v) is 9.26. The highest BCUT2D eigenvalue weighted by molar-refractivity contribution is 6.09. The summed E-state index contributed by atoms with van der Waals surface area (Å²) in [7, 11) is 0. The number of aryl methyl sites for hydroxylation is 1. The third kappa shape index (κ3) is 5.43. The van der Waals surface area contributed by atoms with Crippen molar-refractivity contribution in [1.82, 2.24) is 5.32 Å². The molecule has 0 heterocycles. The Hall–Kier alpha value is -2.62. The van der Waals surface area contributed by atoms with Crippen LogP contribution in [0.15, 0.2) is 48.5 Å². The molecule has 2 rings (SSSR count). The third-order valence-corrected chi connectivity index (χ3v) is 4.68. The number of anilines is 1. The van der Waals surface area contributed by atoms with Crippen molar-refractivity contribution in [1.29, 1.82) is 0 Å². The first kappa shape index (κ1) is 20.7. The summed E-state index contributed by atoms with van der Waals surface area (Å²) in [5.74, 6) is -0.624. The molecule has 27 heavy (non-hydrogen) atoms. The van der Waals surface area contributed by atoms with Crippen LogP contribution in [-0.4, -0.2) is 11.8 Å². The molecule has 0 atom stereocenters. The number of hydrogen-bond acceptors (Lipinski definition) is 2. The maximum Gasteiger partial charge on any atom is 0.239 e. The van der Waals surface area contributed by atoms with Crippen molar-refractivity contribution in [2.45, 2.75) is 53.5 Å². The number of carbonyl (C=O) groups is 2. The van der Waals surface area contributed by atoms with Gasteiger partial charge in [0.05, 0.1) is 0 Å². The van der Waals surface area contributed by atoms with Crippen molar-refractivity contribution in [3.05, 3.63) is 65.2 Å². The van der Waals surface area contributed by atoms with Gasteiger partial charge in [-0.3, -0.25) is 9.59 Å². The quantitative estimate of drug-likeness (QED) is 0.761. The second-order valence-corrected chi connectivity index (χ2v) is 8.58. The Morgan fingerprint density at radius 2 is 1.52 bits per heavy atom. The summed E-state index contributed by atoms with van der Waals surface area (Å²) in [4.78, 5) is 25.2. The molecule has 0 unspecified atom stereocenters. The SMILES string of the molecule is Cc1cccc(CNC(=O)C(C)(C)C(=O)Nc2ccc(C(C)(C)C)cc2)c1. The molecule has 0 bridgehead atoms. The van der Waals surface area contributed by atoms with Crippen LogP contribution >= 0.6 is 0 Å². The van der Waals surface area contributed by atoms with E-state index in [1.54, 1.807) is 13.8 Å². The van der Waals surface area contributed by atoms with Gasteiger partial charge in [0.2, 0.25) is 11.8 Å². The van der Waals surface area contributed by atoms with Crippen molar-refractivity contribution in [2.24, 2.45) is 5.41 Å². The lowest BCUT2D eigenvalue weighted by molar-refractivity contribution is -0.138. The van der Waals surface area contributed by atoms with Gasteiger partial charge in [0, 0.05) is 12.2 Å². The van der Waals surface area contributed by atoms with E-state index in [4.69, 9.17) is 0 Å². The van der Waals surface area contributed by atoms with E-state index >= 15 is 0 Å².